The second kappa shape index (κ2) is 6.77. The van der Waals surface area contributed by atoms with E-state index in [9.17, 15) is 18.4 Å². The quantitative estimate of drug-likeness (QED) is 0.495. The third kappa shape index (κ3) is 2.84. The van der Waals surface area contributed by atoms with Crippen molar-refractivity contribution < 1.29 is 8.78 Å². The van der Waals surface area contributed by atoms with Gasteiger partial charge in [-0.2, -0.15) is 0 Å². The van der Waals surface area contributed by atoms with Gasteiger partial charge in [0.05, 0.1) is 16.6 Å². The van der Waals surface area contributed by atoms with Gasteiger partial charge in [0.25, 0.3) is 11.1 Å². The number of nitrogens with zero attached hydrogens (tertiary/aromatic N) is 2. The Morgan fingerprint density at radius 1 is 1.31 bits per heavy atom. The molecule has 0 saturated carbocycles. The molecule has 0 amide bonds. The van der Waals surface area contributed by atoms with E-state index >= 15 is 0 Å². The zero-order valence-electron chi connectivity index (χ0n) is 16.0. The van der Waals surface area contributed by atoms with Gasteiger partial charge in [-0.1, -0.05) is 25.4 Å². The highest BCUT2D eigenvalue weighted by Gasteiger charge is 2.23. The van der Waals surface area contributed by atoms with Crippen molar-refractivity contribution in [2.75, 3.05) is 5.73 Å². The summed E-state index contributed by atoms with van der Waals surface area (Å²) in [6, 6.07) is 2.78. The van der Waals surface area contributed by atoms with Crippen LogP contribution in [0.5, 0.6) is 0 Å². The lowest BCUT2D eigenvalue weighted by atomic mass is 9.98. The minimum absolute atomic E-state index is 0.00128. The van der Waals surface area contributed by atoms with E-state index in [1.54, 1.807) is 0 Å². The van der Waals surface area contributed by atoms with Crippen molar-refractivity contribution >= 4 is 33.0 Å². The van der Waals surface area contributed by atoms with Gasteiger partial charge in [-0.25, -0.2) is 13.8 Å². The number of nitrogen functional groups attached to an aromatic ring is 1. The first kappa shape index (κ1) is 19.3. The molecular formula is C20H18F2N4O2S. The lowest BCUT2D eigenvalue weighted by Gasteiger charge is -2.15. The molecule has 0 fully saturated rings. The maximum atomic E-state index is 15.0. The minimum atomic E-state index is -0.772. The lowest BCUT2D eigenvalue weighted by molar-refractivity contribution is 0.613. The van der Waals surface area contributed by atoms with Crippen molar-refractivity contribution in [2.45, 2.75) is 33.1 Å². The largest absolute Gasteiger partial charge is 0.396 e. The van der Waals surface area contributed by atoms with Crippen molar-refractivity contribution in [3.63, 3.8) is 0 Å². The number of aryl methyl sites for hydroxylation is 1. The predicted octanol–water partition coefficient (Wildman–Crippen LogP) is 3.95. The van der Waals surface area contributed by atoms with E-state index in [0.29, 0.717) is 15.8 Å². The van der Waals surface area contributed by atoms with E-state index < -0.39 is 22.8 Å². The number of anilines is 1. The van der Waals surface area contributed by atoms with Gasteiger partial charge in [0, 0.05) is 11.1 Å². The fourth-order valence-corrected chi connectivity index (χ4v) is 4.47. The number of aromatic nitrogens is 3. The highest BCUT2D eigenvalue weighted by molar-refractivity contribution is 7.13. The van der Waals surface area contributed by atoms with Crippen molar-refractivity contribution in [3.8, 4) is 11.3 Å². The molecule has 0 saturated heterocycles. The van der Waals surface area contributed by atoms with Gasteiger partial charge < -0.3 is 5.73 Å². The van der Waals surface area contributed by atoms with Crippen LogP contribution in [0.25, 0.3) is 27.0 Å². The number of pyridine rings is 1. The number of nitrogens with two attached hydrogens (primary N) is 1. The van der Waals surface area contributed by atoms with E-state index in [0.717, 1.165) is 28.6 Å². The lowest BCUT2D eigenvalue weighted by Crippen LogP contribution is -2.22. The summed E-state index contributed by atoms with van der Waals surface area (Å²) < 4.78 is 33.0. The molecule has 150 valence electrons. The first-order valence-corrected chi connectivity index (χ1v) is 9.88. The Balaban J connectivity index is 2.16. The Labute approximate surface area is 167 Å². The molecule has 0 spiro atoms. The van der Waals surface area contributed by atoms with Crippen LogP contribution in [0.4, 0.5) is 14.5 Å². The number of halogens is 2. The first-order valence-electron chi connectivity index (χ1n) is 9.06. The fraction of sp³-hybridized carbons (Fsp3) is 0.250. The Morgan fingerprint density at radius 3 is 2.69 bits per heavy atom. The summed E-state index contributed by atoms with van der Waals surface area (Å²) in [6.07, 6.45) is 1.75. The Hall–Kier alpha value is -3.07. The minimum Gasteiger partial charge on any atom is -0.396 e. The third-order valence-corrected chi connectivity index (χ3v) is 6.11. The number of H-pyrrole nitrogens is 1. The van der Waals surface area contributed by atoms with Gasteiger partial charge in [-0.3, -0.25) is 18.4 Å². The summed E-state index contributed by atoms with van der Waals surface area (Å²) in [4.78, 5) is 29.5. The van der Waals surface area contributed by atoms with E-state index in [1.807, 2.05) is 13.8 Å². The highest BCUT2D eigenvalue weighted by Crippen LogP contribution is 2.33. The van der Waals surface area contributed by atoms with Crippen LogP contribution in [0.3, 0.4) is 0 Å². The number of nitrogens with one attached hydrogen (secondary N) is 1. The Kier molecular flexibility index (Phi) is 4.49. The van der Waals surface area contributed by atoms with Crippen LogP contribution in [0, 0.1) is 18.6 Å². The second-order valence-electron chi connectivity index (χ2n) is 7.09. The van der Waals surface area contributed by atoms with E-state index in [2.05, 4.69) is 9.36 Å². The van der Waals surface area contributed by atoms with Crippen LogP contribution < -0.4 is 16.9 Å². The molecule has 29 heavy (non-hydrogen) atoms. The van der Waals surface area contributed by atoms with Crippen LogP contribution in [-0.2, 0) is 0 Å². The molecule has 0 aliphatic heterocycles. The maximum Gasteiger partial charge on any atom is 0.271 e. The molecule has 1 atom stereocenters. The Bertz CT molecular complexity index is 1380. The van der Waals surface area contributed by atoms with Crippen LogP contribution in [0.1, 0.15) is 37.3 Å². The van der Waals surface area contributed by atoms with Gasteiger partial charge in [0.2, 0.25) is 0 Å². The van der Waals surface area contributed by atoms with E-state index in [4.69, 9.17) is 5.73 Å². The molecule has 4 aromatic rings. The standard InChI is InChI=1S/C20H18F2N4O2S/c1-4-8(2)13-17-14(19(27)25-29-17)20(28)26-7-11(21)16(24-18(13)26)10-5-9(3)15(22)12(23)6-10/h5-8H,4,23H2,1-3H3,(H,25,27). The average Bonchev–Trinajstić information content (AvgIpc) is 3.07. The molecule has 3 N–H and O–H groups in total. The van der Waals surface area contributed by atoms with Gasteiger partial charge in [0.15, 0.2) is 5.82 Å². The highest BCUT2D eigenvalue weighted by atomic mass is 32.1. The summed E-state index contributed by atoms with van der Waals surface area (Å²) >= 11 is 1.07. The number of benzene rings is 1. The maximum absolute atomic E-state index is 15.0. The van der Waals surface area contributed by atoms with Gasteiger partial charge >= 0.3 is 0 Å². The predicted molar refractivity (Wildman–Crippen MR) is 111 cm³/mol. The van der Waals surface area contributed by atoms with Crippen molar-refractivity contribution in [1.82, 2.24) is 13.8 Å². The molecule has 6 nitrogen and oxygen atoms in total. The van der Waals surface area contributed by atoms with E-state index in [-0.39, 0.29) is 33.9 Å². The second-order valence-corrected chi connectivity index (χ2v) is 7.91. The smallest absolute Gasteiger partial charge is 0.271 e. The first-order chi connectivity index (χ1) is 13.7. The normalized spacial score (nSPS) is 12.7. The number of aromatic amines is 1. The van der Waals surface area contributed by atoms with Crippen molar-refractivity contribution in [3.05, 3.63) is 61.8 Å². The summed E-state index contributed by atoms with van der Waals surface area (Å²) in [6.45, 7) is 5.46. The molecule has 0 aliphatic carbocycles. The summed E-state index contributed by atoms with van der Waals surface area (Å²) in [5.41, 5.74) is 5.97. The Morgan fingerprint density at radius 2 is 2.03 bits per heavy atom. The topological polar surface area (TPSA) is 93.2 Å². The third-order valence-electron chi connectivity index (χ3n) is 5.19. The SMILES string of the molecule is CCC(C)c1c2s[nH]c(=O)c2c(=O)n2cc(F)c(-c3cc(C)c(F)c(N)c3)nc12. The van der Waals surface area contributed by atoms with Gasteiger partial charge in [-0.15, -0.1) is 0 Å². The molecule has 0 aliphatic rings. The molecule has 3 aromatic heterocycles. The van der Waals surface area contributed by atoms with Crippen LogP contribution in [0.2, 0.25) is 0 Å². The zero-order chi connectivity index (χ0) is 21.0. The van der Waals surface area contributed by atoms with Crippen LogP contribution in [0.15, 0.2) is 27.9 Å². The van der Waals surface area contributed by atoms with Crippen LogP contribution in [-0.4, -0.2) is 13.8 Å². The fourth-order valence-electron chi connectivity index (χ4n) is 3.49. The van der Waals surface area contributed by atoms with Crippen molar-refractivity contribution in [2.24, 2.45) is 0 Å². The number of fused-ring (bicyclic) bond motifs is 2. The number of hydrogen-bond donors (Lipinski definition) is 2. The summed E-state index contributed by atoms with van der Waals surface area (Å²) in [5, 5.41) is -0.00128. The van der Waals surface area contributed by atoms with Gasteiger partial charge in [0.1, 0.15) is 22.5 Å². The molecular weight excluding hydrogens is 398 g/mol. The van der Waals surface area contributed by atoms with Crippen molar-refractivity contribution in [1.29, 1.82) is 0 Å². The summed E-state index contributed by atoms with van der Waals surface area (Å²) in [7, 11) is 0. The molecule has 0 radical (unpaired) electrons. The van der Waals surface area contributed by atoms with Crippen LogP contribution >= 0.6 is 11.5 Å². The molecule has 0 bridgehead atoms. The monoisotopic (exact) mass is 416 g/mol. The molecule has 3 heterocycles. The molecule has 9 heteroatoms. The number of hydrogen-bond acceptors (Lipinski definition) is 5. The van der Waals surface area contributed by atoms with Gasteiger partial charge in [-0.05, 0) is 37.0 Å². The van der Waals surface area contributed by atoms with E-state index in [1.165, 1.54) is 19.1 Å². The number of rotatable bonds is 3. The molecule has 1 unspecified atom stereocenters. The molecule has 1 aromatic carbocycles. The average molecular weight is 416 g/mol. The zero-order valence-corrected chi connectivity index (χ0v) is 16.8. The summed E-state index contributed by atoms with van der Waals surface area (Å²) in [5.74, 6) is -1.37. The molecule has 4 rings (SSSR count).